The van der Waals surface area contributed by atoms with E-state index < -0.39 is 0 Å². The maximum Gasteiger partial charge on any atom is 0.253 e. The van der Waals surface area contributed by atoms with E-state index in [-0.39, 0.29) is 17.7 Å². The first-order valence-electron chi connectivity index (χ1n) is 9.56. The number of ether oxygens (including phenoxy) is 1. The summed E-state index contributed by atoms with van der Waals surface area (Å²) in [6.45, 7) is 3.33. The minimum atomic E-state index is -0.175. The standard InChI is InChI=1S/C21H23N5O3/c1-14(27)25-9-8-16(12-25)20-24-23-19-7-6-17(13-26(19)20)21(28)22-11-15-4-3-5-18(10-15)29-2/h3-7,10,13,16H,8-9,11-12H2,1-2H3,(H,22,28)/t16-/m0/s1. The Kier molecular flexibility index (Phi) is 5.16. The second kappa shape index (κ2) is 7.90. The van der Waals surface area contributed by atoms with E-state index in [4.69, 9.17) is 4.74 Å². The van der Waals surface area contributed by atoms with Crippen molar-refractivity contribution in [1.29, 1.82) is 0 Å². The Labute approximate surface area is 168 Å². The van der Waals surface area contributed by atoms with Crippen LogP contribution in [0.4, 0.5) is 0 Å². The van der Waals surface area contributed by atoms with Gasteiger partial charge in [-0.25, -0.2) is 0 Å². The van der Waals surface area contributed by atoms with Gasteiger partial charge in [0.1, 0.15) is 11.6 Å². The molecule has 0 bridgehead atoms. The molecule has 3 aromatic rings. The highest BCUT2D eigenvalue weighted by Gasteiger charge is 2.29. The van der Waals surface area contributed by atoms with Crippen LogP contribution in [0.15, 0.2) is 42.6 Å². The van der Waals surface area contributed by atoms with Crippen molar-refractivity contribution < 1.29 is 14.3 Å². The zero-order valence-corrected chi connectivity index (χ0v) is 16.5. The van der Waals surface area contributed by atoms with Gasteiger partial charge in [0.2, 0.25) is 5.91 Å². The Morgan fingerprint density at radius 2 is 2.10 bits per heavy atom. The molecule has 0 radical (unpaired) electrons. The van der Waals surface area contributed by atoms with Crippen LogP contribution < -0.4 is 10.1 Å². The monoisotopic (exact) mass is 393 g/mol. The van der Waals surface area contributed by atoms with Crippen molar-refractivity contribution in [2.24, 2.45) is 0 Å². The van der Waals surface area contributed by atoms with Gasteiger partial charge in [-0.05, 0) is 36.2 Å². The molecule has 1 atom stereocenters. The molecule has 8 heteroatoms. The summed E-state index contributed by atoms with van der Waals surface area (Å²) < 4.78 is 7.07. The topological polar surface area (TPSA) is 88.8 Å². The summed E-state index contributed by atoms with van der Waals surface area (Å²) in [5.41, 5.74) is 2.17. The van der Waals surface area contributed by atoms with Crippen molar-refractivity contribution in [2.75, 3.05) is 20.2 Å². The van der Waals surface area contributed by atoms with Crippen LogP contribution in [0.3, 0.4) is 0 Å². The molecule has 2 amide bonds. The molecular formula is C21H23N5O3. The molecule has 3 heterocycles. The molecule has 0 saturated carbocycles. The van der Waals surface area contributed by atoms with Crippen molar-refractivity contribution in [3.8, 4) is 5.75 Å². The number of pyridine rings is 1. The Balaban J connectivity index is 1.50. The largest absolute Gasteiger partial charge is 0.497 e. The van der Waals surface area contributed by atoms with Crippen LogP contribution in [-0.2, 0) is 11.3 Å². The Morgan fingerprint density at radius 1 is 1.24 bits per heavy atom. The second-order valence-corrected chi connectivity index (χ2v) is 7.19. The fraction of sp³-hybridized carbons (Fsp3) is 0.333. The number of hydrogen-bond donors (Lipinski definition) is 1. The van der Waals surface area contributed by atoms with Crippen LogP contribution in [0, 0.1) is 0 Å². The van der Waals surface area contributed by atoms with Crippen molar-refractivity contribution >= 4 is 17.5 Å². The number of rotatable bonds is 5. The first-order chi connectivity index (χ1) is 14.0. The lowest BCUT2D eigenvalue weighted by atomic mass is 10.1. The number of benzene rings is 1. The Morgan fingerprint density at radius 3 is 2.86 bits per heavy atom. The summed E-state index contributed by atoms with van der Waals surface area (Å²) in [7, 11) is 1.61. The van der Waals surface area contributed by atoms with Gasteiger partial charge in [-0.2, -0.15) is 0 Å². The molecule has 1 N–H and O–H groups in total. The predicted molar refractivity (Wildman–Crippen MR) is 107 cm³/mol. The number of carbonyl (C=O) groups is 2. The maximum atomic E-state index is 12.7. The molecule has 1 saturated heterocycles. The number of hydrogen-bond acceptors (Lipinski definition) is 5. The number of aromatic nitrogens is 3. The SMILES string of the molecule is COc1cccc(CNC(=O)c2ccc3nnc([C@H]4CCN(C(C)=O)C4)n3c2)c1. The molecular weight excluding hydrogens is 370 g/mol. The van der Waals surface area contributed by atoms with E-state index in [2.05, 4.69) is 15.5 Å². The van der Waals surface area contributed by atoms with E-state index in [1.54, 1.807) is 32.4 Å². The summed E-state index contributed by atoms with van der Waals surface area (Å²) in [5, 5.41) is 11.5. The first kappa shape index (κ1) is 18.9. The summed E-state index contributed by atoms with van der Waals surface area (Å²) in [5.74, 6) is 1.55. The van der Waals surface area contributed by atoms with E-state index >= 15 is 0 Å². The minimum absolute atomic E-state index is 0.0685. The van der Waals surface area contributed by atoms with E-state index in [0.29, 0.717) is 24.3 Å². The molecule has 1 aliphatic rings. The van der Waals surface area contributed by atoms with Crippen LogP contribution in [0.1, 0.15) is 41.0 Å². The molecule has 4 rings (SSSR count). The molecule has 150 valence electrons. The normalized spacial score (nSPS) is 16.2. The molecule has 8 nitrogen and oxygen atoms in total. The zero-order valence-electron chi connectivity index (χ0n) is 16.5. The first-order valence-corrected chi connectivity index (χ1v) is 9.56. The van der Waals surface area contributed by atoms with Gasteiger partial charge >= 0.3 is 0 Å². The number of nitrogens with one attached hydrogen (secondary N) is 1. The van der Waals surface area contributed by atoms with Gasteiger partial charge in [0.05, 0.1) is 12.7 Å². The third-order valence-electron chi connectivity index (χ3n) is 5.28. The highest BCUT2D eigenvalue weighted by Crippen LogP contribution is 2.26. The second-order valence-electron chi connectivity index (χ2n) is 7.19. The maximum absolute atomic E-state index is 12.7. The van der Waals surface area contributed by atoms with E-state index in [9.17, 15) is 9.59 Å². The number of amides is 2. The van der Waals surface area contributed by atoms with Gasteiger partial charge in [0.15, 0.2) is 5.65 Å². The summed E-state index contributed by atoms with van der Waals surface area (Å²) in [6.07, 6.45) is 2.61. The fourth-order valence-electron chi connectivity index (χ4n) is 3.65. The third-order valence-corrected chi connectivity index (χ3v) is 5.28. The zero-order chi connectivity index (χ0) is 20.4. The number of methoxy groups -OCH3 is 1. The van der Waals surface area contributed by atoms with Gasteiger partial charge in [-0.15, -0.1) is 10.2 Å². The quantitative estimate of drug-likeness (QED) is 0.716. The molecule has 2 aromatic heterocycles. The third kappa shape index (κ3) is 3.91. The Bertz CT molecular complexity index is 1060. The average molecular weight is 393 g/mol. The fourth-order valence-corrected chi connectivity index (χ4v) is 3.65. The predicted octanol–water partition coefficient (Wildman–Crippen LogP) is 2.00. The molecule has 0 aliphatic carbocycles. The van der Waals surface area contributed by atoms with Gasteiger partial charge < -0.3 is 15.0 Å². The van der Waals surface area contributed by atoms with Gasteiger partial charge in [0, 0.05) is 38.7 Å². The van der Waals surface area contributed by atoms with Crippen molar-refractivity contribution in [2.45, 2.75) is 25.8 Å². The lowest BCUT2D eigenvalue weighted by molar-refractivity contribution is -0.127. The highest BCUT2D eigenvalue weighted by atomic mass is 16.5. The summed E-state index contributed by atoms with van der Waals surface area (Å²) >= 11 is 0. The van der Waals surface area contributed by atoms with Crippen molar-refractivity contribution in [3.63, 3.8) is 0 Å². The number of nitrogens with zero attached hydrogens (tertiary/aromatic N) is 4. The lowest BCUT2D eigenvalue weighted by Gasteiger charge is -2.13. The number of fused-ring (bicyclic) bond motifs is 1. The number of likely N-dealkylation sites (tertiary alicyclic amines) is 1. The van der Waals surface area contributed by atoms with Crippen LogP contribution in [0.5, 0.6) is 5.75 Å². The number of carbonyl (C=O) groups excluding carboxylic acids is 2. The van der Waals surface area contributed by atoms with Crippen molar-refractivity contribution in [3.05, 3.63) is 59.5 Å². The van der Waals surface area contributed by atoms with Crippen LogP contribution >= 0.6 is 0 Å². The van der Waals surface area contributed by atoms with E-state index in [0.717, 1.165) is 30.1 Å². The molecule has 0 spiro atoms. The molecule has 29 heavy (non-hydrogen) atoms. The van der Waals surface area contributed by atoms with Crippen LogP contribution in [0.25, 0.3) is 5.65 Å². The van der Waals surface area contributed by atoms with Crippen LogP contribution in [0.2, 0.25) is 0 Å². The lowest BCUT2D eigenvalue weighted by Crippen LogP contribution is -2.25. The molecule has 0 unspecified atom stereocenters. The minimum Gasteiger partial charge on any atom is -0.497 e. The summed E-state index contributed by atoms with van der Waals surface area (Å²) in [4.78, 5) is 26.1. The molecule has 1 aliphatic heterocycles. The van der Waals surface area contributed by atoms with Crippen molar-refractivity contribution in [1.82, 2.24) is 24.8 Å². The van der Waals surface area contributed by atoms with Gasteiger partial charge in [0.25, 0.3) is 5.91 Å². The average Bonchev–Trinajstić information content (AvgIpc) is 3.38. The Hall–Kier alpha value is -3.42. The molecule has 1 fully saturated rings. The van der Waals surface area contributed by atoms with Gasteiger partial charge in [-0.3, -0.25) is 14.0 Å². The van der Waals surface area contributed by atoms with Crippen LogP contribution in [-0.4, -0.2) is 51.5 Å². The van der Waals surface area contributed by atoms with E-state index in [1.807, 2.05) is 33.6 Å². The van der Waals surface area contributed by atoms with E-state index in [1.165, 1.54) is 0 Å². The highest BCUT2D eigenvalue weighted by molar-refractivity contribution is 5.94. The molecule has 1 aromatic carbocycles. The summed E-state index contributed by atoms with van der Waals surface area (Å²) in [6, 6.07) is 11.1. The van der Waals surface area contributed by atoms with Gasteiger partial charge in [-0.1, -0.05) is 12.1 Å². The smallest absolute Gasteiger partial charge is 0.253 e.